The van der Waals surface area contributed by atoms with Crippen LogP contribution in [-0.4, -0.2) is 96.7 Å². The predicted octanol–water partition coefficient (Wildman–Crippen LogP) is 20.2. The zero-order valence-electron chi connectivity index (χ0n) is 58.6. The molecule has 0 saturated carbocycles. The van der Waals surface area contributed by atoms with Crippen LogP contribution in [0.5, 0.6) is 0 Å². The van der Waals surface area contributed by atoms with Gasteiger partial charge in [-0.05, 0) is 43.4 Å². The molecule has 0 aliphatic heterocycles. The summed E-state index contributed by atoms with van der Waals surface area (Å²) in [5.74, 6) is 0.158. The molecule has 0 spiro atoms. The standard InChI is InChI=1S/C71H138O17P2/c1-8-10-11-12-13-30-38-45-52-68(73)81-59-67(88-71(76)55-48-41-34-33-37-44-51-64(7)9-2)61-86-90(79,80)84-57-65(72)56-83-89(77,78)85-60-66(58-82-69(74)53-46-39-31-26-23-22-25-29-36-43-50-63(5)6)87-70(75)54-47-40-32-27-21-19-17-15-14-16-18-20-24-28-35-42-49-62(3)4/h62-67,72H,8-61H2,1-7H3,(H,77,78)(H,79,80)/t64?,65-,66-,67-/m1/s1. The summed E-state index contributed by atoms with van der Waals surface area (Å²) < 4.78 is 68.2. The number of hydrogen-bond acceptors (Lipinski definition) is 15. The van der Waals surface area contributed by atoms with E-state index in [0.29, 0.717) is 25.7 Å². The van der Waals surface area contributed by atoms with Crippen LogP contribution in [0.2, 0.25) is 0 Å². The fourth-order valence-corrected chi connectivity index (χ4v) is 12.3. The molecule has 0 amide bonds. The van der Waals surface area contributed by atoms with Crippen LogP contribution in [0.15, 0.2) is 0 Å². The lowest BCUT2D eigenvalue weighted by atomic mass is 10.00. The Balaban J connectivity index is 5.20. The highest BCUT2D eigenvalue weighted by molar-refractivity contribution is 7.47. The molecule has 0 saturated heterocycles. The quantitative estimate of drug-likeness (QED) is 0.0222. The molecule has 0 radical (unpaired) electrons. The molecular formula is C71H138O17P2. The van der Waals surface area contributed by atoms with Gasteiger partial charge < -0.3 is 33.8 Å². The van der Waals surface area contributed by atoms with E-state index < -0.39 is 97.5 Å². The number of rotatable bonds is 69. The van der Waals surface area contributed by atoms with E-state index in [2.05, 4.69) is 48.5 Å². The second-order valence-electron chi connectivity index (χ2n) is 26.8. The predicted molar refractivity (Wildman–Crippen MR) is 363 cm³/mol. The molecule has 0 aromatic carbocycles. The van der Waals surface area contributed by atoms with E-state index in [1.54, 1.807) is 0 Å². The van der Waals surface area contributed by atoms with E-state index in [9.17, 15) is 43.2 Å². The van der Waals surface area contributed by atoms with Crippen molar-refractivity contribution in [1.29, 1.82) is 0 Å². The highest BCUT2D eigenvalue weighted by Gasteiger charge is 2.30. The number of unbranched alkanes of at least 4 members (excludes halogenated alkanes) is 36. The number of aliphatic hydroxyl groups is 1. The van der Waals surface area contributed by atoms with Gasteiger partial charge in [-0.25, -0.2) is 9.13 Å². The number of esters is 4. The maximum Gasteiger partial charge on any atom is 0.472 e. The molecule has 3 N–H and O–H groups in total. The Morgan fingerprint density at radius 2 is 0.567 bits per heavy atom. The van der Waals surface area contributed by atoms with Crippen LogP contribution in [0.1, 0.15) is 357 Å². The average Bonchev–Trinajstić information content (AvgIpc) is 2.20. The highest BCUT2D eigenvalue weighted by Crippen LogP contribution is 2.45. The molecule has 19 heteroatoms. The molecule has 6 atom stereocenters. The minimum Gasteiger partial charge on any atom is -0.462 e. The number of phosphoric ester groups is 2. The largest absolute Gasteiger partial charge is 0.472 e. The molecule has 0 aromatic heterocycles. The Bertz CT molecular complexity index is 1770. The maximum atomic E-state index is 13.0. The van der Waals surface area contributed by atoms with Gasteiger partial charge in [0.2, 0.25) is 0 Å². The monoisotopic (exact) mass is 1320 g/mol. The highest BCUT2D eigenvalue weighted by atomic mass is 31.2. The van der Waals surface area contributed by atoms with Gasteiger partial charge >= 0.3 is 39.5 Å². The molecule has 0 heterocycles. The van der Waals surface area contributed by atoms with Gasteiger partial charge in [-0.15, -0.1) is 0 Å². The number of ether oxygens (including phenoxy) is 4. The molecule has 3 unspecified atom stereocenters. The van der Waals surface area contributed by atoms with Gasteiger partial charge in [-0.1, -0.05) is 305 Å². The summed E-state index contributed by atoms with van der Waals surface area (Å²) in [6.45, 7) is 11.8. The van der Waals surface area contributed by atoms with Crippen molar-refractivity contribution in [2.24, 2.45) is 17.8 Å². The van der Waals surface area contributed by atoms with Gasteiger partial charge in [-0.3, -0.25) is 37.3 Å². The first-order valence-electron chi connectivity index (χ1n) is 36.9. The lowest BCUT2D eigenvalue weighted by molar-refractivity contribution is -0.161. The number of phosphoric acid groups is 2. The summed E-state index contributed by atoms with van der Waals surface area (Å²) in [6, 6.07) is 0. The molecular weight excluding hydrogens is 1190 g/mol. The minimum atomic E-state index is -4.95. The molecule has 534 valence electrons. The SMILES string of the molecule is CCCCCCCCCCC(=O)OC[C@H](COP(=O)(O)OC[C@H](O)COP(=O)(O)OC[C@@H](COC(=O)CCCCCCCCCCCCC(C)C)OC(=O)CCCCCCCCCCCCCCCCCCC(C)C)OC(=O)CCCCCCCCC(C)CC. The molecule has 0 aliphatic rings. The average molecular weight is 1330 g/mol. The van der Waals surface area contributed by atoms with Gasteiger partial charge in [0.1, 0.15) is 19.3 Å². The molecule has 0 fully saturated rings. The van der Waals surface area contributed by atoms with E-state index in [4.69, 9.17) is 37.0 Å². The van der Waals surface area contributed by atoms with Crippen molar-refractivity contribution in [2.75, 3.05) is 39.6 Å². The van der Waals surface area contributed by atoms with Gasteiger partial charge in [0, 0.05) is 25.7 Å². The molecule has 17 nitrogen and oxygen atoms in total. The van der Waals surface area contributed by atoms with Crippen LogP contribution < -0.4 is 0 Å². The van der Waals surface area contributed by atoms with Crippen LogP contribution in [0.25, 0.3) is 0 Å². The topological polar surface area (TPSA) is 237 Å². The van der Waals surface area contributed by atoms with Gasteiger partial charge in [0.25, 0.3) is 0 Å². The third kappa shape index (κ3) is 63.5. The van der Waals surface area contributed by atoms with Crippen molar-refractivity contribution < 1.29 is 80.2 Å². The Morgan fingerprint density at radius 1 is 0.322 bits per heavy atom. The first-order chi connectivity index (χ1) is 43.3. The Labute approximate surface area is 549 Å². The smallest absolute Gasteiger partial charge is 0.462 e. The molecule has 0 aromatic rings. The first kappa shape index (κ1) is 88.1. The molecule has 0 aliphatic carbocycles. The third-order valence-corrected chi connectivity index (χ3v) is 18.6. The molecule has 90 heavy (non-hydrogen) atoms. The second-order valence-corrected chi connectivity index (χ2v) is 29.7. The summed E-state index contributed by atoms with van der Waals surface area (Å²) in [4.78, 5) is 72.5. The maximum absolute atomic E-state index is 13.0. The van der Waals surface area contributed by atoms with Crippen LogP contribution in [0.3, 0.4) is 0 Å². The number of carbonyl (C=O) groups excluding carboxylic acids is 4. The van der Waals surface area contributed by atoms with Gasteiger partial charge in [-0.2, -0.15) is 0 Å². The summed E-state index contributed by atoms with van der Waals surface area (Å²) in [7, 11) is -9.90. The minimum absolute atomic E-state index is 0.103. The fraction of sp³-hybridized carbons (Fsp3) is 0.944. The van der Waals surface area contributed by atoms with E-state index >= 15 is 0 Å². The summed E-state index contributed by atoms with van der Waals surface area (Å²) in [5.41, 5.74) is 0. The third-order valence-electron chi connectivity index (χ3n) is 16.7. The van der Waals surface area contributed by atoms with Crippen molar-refractivity contribution >= 4 is 39.5 Å². The Hall–Kier alpha value is -1.94. The van der Waals surface area contributed by atoms with E-state index in [1.165, 1.54) is 161 Å². The van der Waals surface area contributed by atoms with Crippen LogP contribution in [0.4, 0.5) is 0 Å². The number of carbonyl (C=O) groups is 4. The Kier molecular flexibility index (Phi) is 60.6. The molecule has 0 rings (SSSR count). The van der Waals surface area contributed by atoms with Gasteiger partial charge in [0.05, 0.1) is 26.4 Å². The summed E-state index contributed by atoms with van der Waals surface area (Å²) in [6.07, 6.45) is 46.0. The second kappa shape index (κ2) is 61.9. The number of hydrogen-bond donors (Lipinski definition) is 3. The van der Waals surface area contributed by atoms with Crippen LogP contribution >= 0.6 is 15.6 Å². The van der Waals surface area contributed by atoms with Crippen LogP contribution in [0, 0.1) is 17.8 Å². The fourth-order valence-electron chi connectivity index (χ4n) is 10.7. The van der Waals surface area contributed by atoms with E-state index in [0.717, 1.165) is 114 Å². The zero-order valence-corrected chi connectivity index (χ0v) is 60.4. The zero-order chi connectivity index (χ0) is 66.6. The molecule has 0 bridgehead atoms. The Morgan fingerprint density at radius 3 is 0.844 bits per heavy atom. The normalized spacial score (nSPS) is 14.5. The summed E-state index contributed by atoms with van der Waals surface area (Å²) >= 11 is 0. The van der Waals surface area contributed by atoms with Crippen LogP contribution in [-0.2, 0) is 65.4 Å². The number of aliphatic hydroxyl groups excluding tert-OH is 1. The van der Waals surface area contributed by atoms with Crippen molar-refractivity contribution in [3.63, 3.8) is 0 Å². The van der Waals surface area contributed by atoms with Crippen molar-refractivity contribution in [2.45, 2.75) is 375 Å². The lowest BCUT2D eigenvalue weighted by Crippen LogP contribution is -2.30. The lowest BCUT2D eigenvalue weighted by Gasteiger charge is -2.21. The van der Waals surface area contributed by atoms with Crippen molar-refractivity contribution in [3.8, 4) is 0 Å². The van der Waals surface area contributed by atoms with Gasteiger partial charge in [0.15, 0.2) is 12.2 Å². The first-order valence-corrected chi connectivity index (χ1v) is 39.9. The van der Waals surface area contributed by atoms with E-state index in [1.807, 2.05) is 0 Å². The van der Waals surface area contributed by atoms with Crippen molar-refractivity contribution in [1.82, 2.24) is 0 Å². The van der Waals surface area contributed by atoms with E-state index in [-0.39, 0.29) is 25.7 Å². The summed E-state index contributed by atoms with van der Waals surface area (Å²) in [5, 5.41) is 10.6. The van der Waals surface area contributed by atoms with Crippen molar-refractivity contribution in [3.05, 3.63) is 0 Å².